The van der Waals surface area contributed by atoms with Gasteiger partial charge in [-0.05, 0) is 54.1 Å². The molecule has 6 heteroatoms. The normalized spacial score (nSPS) is 11.9. The van der Waals surface area contributed by atoms with Gasteiger partial charge in [0.25, 0.3) is 0 Å². The van der Waals surface area contributed by atoms with Gasteiger partial charge < -0.3 is 8.98 Å². The van der Waals surface area contributed by atoms with E-state index in [0.29, 0.717) is 17.5 Å². The average Bonchev–Trinajstić information content (AvgIpc) is 3.96. The van der Waals surface area contributed by atoms with Gasteiger partial charge in [-0.2, -0.15) is 0 Å². The lowest BCUT2D eigenvalue weighted by Gasteiger charge is -2.09. The zero-order chi connectivity index (χ0) is 37.5. The summed E-state index contributed by atoms with van der Waals surface area (Å²) in [6.45, 7) is 0. The molecule has 0 atom stereocenters. The number of hydrogen-bond donors (Lipinski definition) is 0. The number of nitrogens with zero attached hydrogens (tertiary/aromatic N) is 4. The van der Waals surface area contributed by atoms with Crippen LogP contribution in [0.15, 0.2) is 186 Å². The first-order chi connectivity index (χ1) is 28.2. The van der Waals surface area contributed by atoms with Crippen molar-refractivity contribution in [3.8, 4) is 51.0 Å². The van der Waals surface area contributed by atoms with Crippen molar-refractivity contribution in [2.75, 3.05) is 0 Å². The van der Waals surface area contributed by atoms with Crippen molar-refractivity contribution >= 4 is 75.3 Å². The number of aromatic nitrogens is 4. The third kappa shape index (κ3) is 5.04. The van der Waals surface area contributed by atoms with Crippen LogP contribution in [0.25, 0.3) is 115 Å². The highest BCUT2D eigenvalue weighted by Gasteiger charge is 2.21. The van der Waals surface area contributed by atoms with E-state index in [1.54, 1.807) is 0 Å². The van der Waals surface area contributed by atoms with Crippen molar-refractivity contribution in [3.05, 3.63) is 182 Å². The summed E-state index contributed by atoms with van der Waals surface area (Å²) in [7, 11) is 0. The molecule has 4 aromatic heterocycles. The Morgan fingerprint density at radius 3 is 1.81 bits per heavy atom. The second-order valence-corrected chi connectivity index (χ2v) is 15.5. The summed E-state index contributed by atoms with van der Waals surface area (Å²) in [4.78, 5) is 14.8. The maximum absolute atomic E-state index is 6.82. The molecule has 0 unspecified atom stereocenters. The van der Waals surface area contributed by atoms with E-state index in [0.717, 1.165) is 55.4 Å². The molecule has 0 aliphatic carbocycles. The van der Waals surface area contributed by atoms with E-state index in [1.165, 1.54) is 42.0 Å². The zero-order valence-corrected chi connectivity index (χ0v) is 31.2. The quantitative estimate of drug-likeness (QED) is 0.176. The Morgan fingerprint density at radius 1 is 0.421 bits per heavy atom. The molecule has 12 rings (SSSR count). The minimum Gasteiger partial charge on any atom is -0.455 e. The zero-order valence-electron chi connectivity index (χ0n) is 30.4. The molecule has 0 aliphatic rings. The van der Waals surface area contributed by atoms with E-state index >= 15 is 0 Å². The number of benzene rings is 8. The van der Waals surface area contributed by atoms with Gasteiger partial charge in [0, 0.05) is 69.7 Å². The SMILES string of the molecule is c1ccc(-c2nc(-c3ccccc3)nc(-c3ccc4c(c3)oc3c(-c5ccc6c(c5)c5ccc7sc8ccccc8c7c5n6-c5ccccc5)cccc34)n2)cc1. The molecular weight excluding hydrogens is 717 g/mol. The Labute approximate surface area is 330 Å². The molecule has 266 valence electrons. The predicted molar refractivity (Wildman–Crippen MR) is 236 cm³/mol. The largest absolute Gasteiger partial charge is 0.455 e. The van der Waals surface area contributed by atoms with Crippen molar-refractivity contribution in [2.24, 2.45) is 0 Å². The third-order valence-electron chi connectivity index (χ3n) is 11.0. The van der Waals surface area contributed by atoms with Crippen LogP contribution in [0.3, 0.4) is 0 Å². The molecule has 0 fully saturated rings. The van der Waals surface area contributed by atoms with Gasteiger partial charge in [0.05, 0.1) is 11.0 Å². The van der Waals surface area contributed by atoms with Crippen LogP contribution in [0, 0.1) is 0 Å². The predicted octanol–water partition coefficient (Wildman–Crippen LogP) is 13.9. The highest BCUT2D eigenvalue weighted by atomic mass is 32.1. The summed E-state index contributed by atoms with van der Waals surface area (Å²) < 4.78 is 11.9. The summed E-state index contributed by atoms with van der Waals surface area (Å²) in [6.07, 6.45) is 0. The molecule has 5 nitrogen and oxygen atoms in total. The molecule has 0 radical (unpaired) electrons. The number of para-hydroxylation sites is 2. The van der Waals surface area contributed by atoms with E-state index in [9.17, 15) is 0 Å². The maximum Gasteiger partial charge on any atom is 0.164 e. The number of furan rings is 1. The lowest BCUT2D eigenvalue weighted by molar-refractivity contribution is 0.670. The van der Waals surface area contributed by atoms with Crippen LogP contribution in [0.1, 0.15) is 0 Å². The highest BCUT2D eigenvalue weighted by Crippen LogP contribution is 2.45. The fraction of sp³-hybridized carbons (Fsp3) is 0. The van der Waals surface area contributed by atoms with Crippen molar-refractivity contribution < 1.29 is 4.42 Å². The summed E-state index contributed by atoms with van der Waals surface area (Å²) in [5.74, 6) is 1.85. The average molecular weight is 747 g/mol. The van der Waals surface area contributed by atoms with Gasteiger partial charge in [-0.25, -0.2) is 15.0 Å². The molecule has 0 N–H and O–H groups in total. The van der Waals surface area contributed by atoms with Crippen LogP contribution in [0.4, 0.5) is 0 Å². The molecule has 0 saturated carbocycles. The Balaban J connectivity index is 1.04. The van der Waals surface area contributed by atoms with Crippen LogP contribution >= 0.6 is 11.3 Å². The smallest absolute Gasteiger partial charge is 0.164 e. The molecule has 0 amide bonds. The number of thiophene rings is 1. The van der Waals surface area contributed by atoms with E-state index in [1.807, 2.05) is 72.0 Å². The van der Waals surface area contributed by atoms with Crippen molar-refractivity contribution in [1.82, 2.24) is 19.5 Å². The molecule has 4 heterocycles. The molecule has 0 spiro atoms. The minimum absolute atomic E-state index is 0.595. The first kappa shape index (κ1) is 31.9. The van der Waals surface area contributed by atoms with E-state index in [2.05, 4.69) is 126 Å². The first-order valence-corrected chi connectivity index (χ1v) is 19.8. The Hall–Kier alpha value is -7.41. The van der Waals surface area contributed by atoms with Crippen LogP contribution < -0.4 is 0 Å². The number of hydrogen-bond acceptors (Lipinski definition) is 5. The Bertz CT molecular complexity index is 3460. The molecule has 8 aromatic carbocycles. The molecule has 0 aliphatic heterocycles. The van der Waals surface area contributed by atoms with Gasteiger partial charge in [-0.15, -0.1) is 11.3 Å². The van der Waals surface area contributed by atoms with Gasteiger partial charge in [0.2, 0.25) is 0 Å². The van der Waals surface area contributed by atoms with Gasteiger partial charge in [0.1, 0.15) is 11.2 Å². The molecule has 12 aromatic rings. The fourth-order valence-corrected chi connectivity index (χ4v) is 9.54. The lowest BCUT2D eigenvalue weighted by atomic mass is 10.00. The summed E-state index contributed by atoms with van der Waals surface area (Å²) >= 11 is 1.86. The lowest BCUT2D eigenvalue weighted by Crippen LogP contribution is -2.00. The Kier molecular flexibility index (Phi) is 7.03. The highest BCUT2D eigenvalue weighted by molar-refractivity contribution is 7.26. The van der Waals surface area contributed by atoms with E-state index in [4.69, 9.17) is 19.4 Å². The Morgan fingerprint density at radius 2 is 1.05 bits per heavy atom. The van der Waals surface area contributed by atoms with Crippen LogP contribution in [-0.2, 0) is 0 Å². The second kappa shape index (κ2) is 12.6. The summed E-state index contributed by atoms with van der Waals surface area (Å²) in [5, 5.41) is 7.14. The standard InChI is InChI=1S/C51H30N4OS/c1-4-13-31(14-5-1)49-52-50(32-15-6-2-7-16-32)54-51(53-49)34-23-25-37-39-21-12-20-36(48(39)56-43(37)30-34)33-24-27-42-41(29-33)38-26-28-45-46(40-19-10-11-22-44(40)57-45)47(38)55(42)35-17-8-3-9-18-35/h1-30H. The van der Waals surface area contributed by atoms with Gasteiger partial charge in [-0.1, -0.05) is 133 Å². The van der Waals surface area contributed by atoms with E-state index in [-0.39, 0.29) is 0 Å². The van der Waals surface area contributed by atoms with Crippen LogP contribution in [0.5, 0.6) is 0 Å². The maximum atomic E-state index is 6.82. The van der Waals surface area contributed by atoms with Crippen LogP contribution in [0.2, 0.25) is 0 Å². The minimum atomic E-state index is 0.595. The van der Waals surface area contributed by atoms with Crippen molar-refractivity contribution in [3.63, 3.8) is 0 Å². The number of rotatable bonds is 5. The molecule has 57 heavy (non-hydrogen) atoms. The van der Waals surface area contributed by atoms with Gasteiger partial charge in [0.15, 0.2) is 17.5 Å². The van der Waals surface area contributed by atoms with Crippen LogP contribution in [-0.4, -0.2) is 19.5 Å². The first-order valence-electron chi connectivity index (χ1n) is 19.0. The number of fused-ring (bicyclic) bond motifs is 10. The fourth-order valence-electron chi connectivity index (χ4n) is 8.43. The van der Waals surface area contributed by atoms with E-state index < -0.39 is 0 Å². The summed E-state index contributed by atoms with van der Waals surface area (Å²) in [6, 6.07) is 63.7. The monoisotopic (exact) mass is 746 g/mol. The van der Waals surface area contributed by atoms with Gasteiger partial charge >= 0.3 is 0 Å². The summed E-state index contributed by atoms with van der Waals surface area (Å²) in [5.41, 5.74) is 10.1. The van der Waals surface area contributed by atoms with Crippen molar-refractivity contribution in [2.45, 2.75) is 0 Å². The second-order valence-electron chi connectivity index (χ2n) is 14.4. The molecular formula is C51H30N4OS. The third-order valence-corrected chi connectivity index (χ3v) is 12.2. The van der Waals surface area contributed by atoms with Gasteiger partial charge in [-0.3, -0.25) is 0 Å². The molecule has 0 saturated heterocycles. The van der Waals surface area contributed by atoms with Crippen molar-refractivity contribution in [1.29, 1.82) is 0 Å². The molecule has 0 bridgehead atoms. The topological polar surface area (TPSA) is 56.7 Å².